The molecule has 1 aromatic heterocycles. The summed E-state index contributed by atoms with van der Waals surface area (Å²) in [5.74, 6) is -0.516. The fourth-order valence-corrected chi connectivity index (χ4v) is 2.26. The molecule has 0 aliphatic carbocycles. The van der Waals surface area contributed by atoms with E-state index in [2.05, 4.69) is 27.4 Å². The molecule has 0 saturated heterocycles. The van der Waals surface area contributed by atoms with Gasteiger partial charge >= 0.3 is 6.03 Å². The van der Waals surface area contributed by atoms with Crippen LogP contribution >= 0.6 is 0 Å². The van der Waals surface area contributed by atoms with Gasteiger partial charge < -0.3 is 4.84 Å². The van der Waals surface area contributed by atoms with E-state index >= 15 is 0 Å². The Hall–Kier alpha value is -2.84. The van der Waals surface area contributed by atoms with Gasteiger partial charge in [-0.3, -0.25) is 4.98 Å². The molecule has 8 nitrogen and oxygen atoms in total. The van der Waals surface area contributed by atoms with E-state index < -0.39 is 17.4 Å². The highest BCUT2D eigenvalue weighted by Crippen LogP contribution is 2.24. The van der Waals surface area contributed by atoms with Gasteiger partial charge in [0.15, 0.2) is 6.72 Å². The summed E-state index contributed by atoms with van der Waals surface area (Å²) in [5.41, 5.74) is 3.55. The highest BCUT2D eigenvalue weighted by atomic mass is 19.1. The largest absolute Gasteiger partial charge is 0.391 e. The number of oxime groups is 1. The monoisotopic (exact) mass is 319 g/mol. The summed E-state index contributed by atoms with van der Waals surface area (Å²) < 4.78 is 14.6. The van der Waals surface area contributed by atoms with E-state index in [1.807, 2.05) is 13.8 Å². The lowest BCUT2D eigenvalue weighted by Gasteiger charge is -2.22. The van der Waals surface area contributed by atoms with Crippen molar-refractivity contribution in [1.29, 1.82) is 0 Å². The molecule has 120 valence electrons. The van der Waals surface area contributed by atoms with Crippen molar-refractivity contribution in [1.82, 2.24) is 15.4 Å². The van der Waals surface area contributed by atoms with Gasteiger partial charge in [-0.05, 0) is 13.8 Å². The number of carbonyl (C=O) groups excluding carboxylic acids is 1. The fraction of sp³-hybridized carbons (Fsp3) is 0.357. The number of halogens is 1. The van der Waals surface area contributed by atoms with Crippen molar-refractivity contribution in [2.24, 2.45) is 10.3 Å². The molecule has 1 aromatic rings. The van der Waals surface area contributed by atoms with E-state index in [0.717, 1.165) is 6.20 Å². The van der Waals surface area contributed by atoms with E-state index in [9.17, 15) is 9.18 Å². The number of hydrogen-bond acceptors (Lipinski definition) is 5. The predicted octanol–water partition coefficient (Wildman–Crippen LogP) is 1.42. The lowest BCUT2D eigenvalue weighted by Crippen LogP contribution is -2.51. The Bertz CT molecular complexity index is 743. The summed E-state index contributed by atoms with van der Waals surface area (Å²) in [7, 11) is 0. The maximum atomic E-state index is 13.3. The number of nitrogens with zero attached hydrogens (tertiary/aromatic N) is 5. The molecular formula is C14H16FN6O2+. The molecule has 1 N–H and O–H groups in total. The van der Waals surface area contributed by atoms with Gasteiger partial charge in [0.05, 0.1) is 12.3 Å². The fourth-order valence-electron chi connectivity index (χ4n) is 2.26. The molecule has 0 unspecified atom stereocenters. The van der Waals surface area contributed by atoms with Gasteiger partial charge in [-0.15, -0.1) is 0 Å². The second-order valence-corrected chi connectivity index (χ2v) is 5.86. The molecule has 0 radical (unpaired) electrons. The van der Waals surface area contributed by atoms with Crippen molar-refractivity contribution in [2.75, 3.05) is 6.54 Å². The van der Waals surface area contributed by atoms with Crippen LogP contribution in [-0.4, -0.2) is 51.0 Å². The molecule has 3 rings (SSSR count). The number of rotatable bonds is 3. The molecule has 0 atom stereocenters. The third-order valence-electron chi connectivity index (χ3n) is 3.43. The molecule has 0 bridgehead atoms. The topological polar surface area (TPSA) is 82.2 Å². The summed E-state index contributed by atoms with van der Waals surface area (Å²) in [6.45, 7) is 7.75. The molecule has 0 fully saturated rings. The van der Waals surface area contributed by atoms with Crippen molar-refractivity contribution >= 4 is 29.9 Å². The van der Waals surface area contributed by atoms with Crippen LogP contribution in [0.4, 0.5) is 14.9 Å². The zero-order valence-electron chi connectivity index (χ0n) is 12.8. The number of aromatic nitrogens is 1. The number of hydrazone groups is 2. The number of pyridine rings is 1. The molecule has 0 saturated carbocycles. The van der Waals surface area contributed by atoms with Crippen LogP contribution in [0, 0.1) is 5.82 Å². The Labute approximate surface area is 131 Å². The standard InChI is InChI=1S/C14H15FN6O2/c1-14(2)5-11(19-23-14)12-8-21(13(22)18-17-12)20(3)10-4-9(15)6-16-7-10/h4,6-7H,3,5,8H2,1-2H3/p+1. The van der Waals surface area contributed by atoms with Gasteiger partial charge in [0, 0.05) is 6.42 Å². The normalized spacial score (nSPS) is 19.6. The number of urea groups is 1. The Morgan fingerprint density at radius 1 is 1.43 bits per heavy atom. The second-order valence-electron chi connectivity index (χ2n) is 5.86. The SMILES string of the molecule is C=[N+](c1cncc(F)c1)N1CC(C2=NOC(C)(C)C2)=NNC1=O. The first kappa shape index (κ1) is 15.1. The van der Waals surface area contributed by atoms with Crippen molar-refractivity contribution in [3.05, 3.63) is 24.3 Å². The lowest BCUT2D eigenvalue weighted by molar-refractivity contribution is -0.589. The zero-order valence-corrected chi connectivity index (χ0v) is 12.8. The first-order valence-corrected chi connectivity index (χ1v) is 6.96. The quantitative estimate of drug-likeness (QED) is 0.675. The Balaban J connectivity index is 1.80. The summed E-state index contributed by atoms with van der Waals surface area (Å²) in [6.07, 6.45) is 3.06. The van der Waals surface area contributed by atoms with Gasteiger partial charge in [0.2, 0.25) is 0 Å². The number of hydrogen-bond donors (Lipinski definition) is 1. The maximum absolute atomic E-state index is 13.3. The number of hydrazine groups is 1. The minimum absolute atomic E-state index is 0.143. The molecule has 2 aliphatic rings. The molecule has 2 amide bonds. The van der Waals surface area contributed by atoms with Gasteiger partial charge in [0.1, 0.15) is 35.6 Å². The van der Waals surface area contributed by atoms with Crippen LogP contribution in [0.5, 0.6) is 0 Å². The van der Waals surface area contributed by atoms with Crippen molar-refractivity contribution in [2.45, 2.75) is 25.9 Å². The highest BCUT2D eigenvalue weighted by molar-refractivity contribution is 6.44. The molecule has 0 aromatic carbocycles. The molecule has 23 heavy (non-hydrogen) atoms. The smallest absolute Gasteiger partial charge is 0.389 e. The number of amides is 2. The average Bonchev–Trinajstić information content (AvgIpc) is 2.87. The highest BCUT2D eigenvalue weighted by Gasteiger charge is 2.37. The van der Waals surface area contributed by atoms with Crippen LogP contribution in [0.25, 0.3) is 0 Å². The zero-order chi connectivity index (χ0) is 16.6. The van der Waals surface area contributed by atoms with Crippen LogP contribution in [0.3, 0.4) is 0 Å². The third-order valence-corrected chi connectivity index (χ3v) is 3.43. The van der Waals surface area contributed by atoms with Crippen LogP contribution in [0.2, 0.25) is 0 Å². The first-order valence-electron chi connectivity index (χ1n) is 6.96. The lowest BCUT2D eigenvalue weighted by atomic mass is 10.00. The van der Waals surface area contributed by atoms with Gasteiger partial charge in [-0.25, -0.2) is 14.6 Å². The number of carbonyl (C=O) groups is 1. The van der Waals surface area contributed by atoms with Gasteiger partial charge in [-0.2, -0.15) is 5.10 Å². The van der Waals surface area contributed by atoms with Crippen molar-refractivity contribution in [3.8, 4) is 0 Å². The van der Waals surface area contributed by atoms with Crippen LogP contribution in [-0.2, 0) is 4.84 Å². The third kappa shape index (κ3) is 3.03. The van der Waals surface area contributed by atoms with Crippen LogP contribution < -0.4 is 5.43 Å². The Morgan fingerprint density at radius 2 is 2.22 bits per heavy atom. The van der Waals surface area contributed by atoms with Gasteiger partial charge in [0.25, 0.3) is 5.69 Å². The van der Waals surface area contributed by atoms with E-state index in [-0.39, 0.29) is 6.54 Å². The predicted molar refractivity (Wildman–Crippen MR) is 81.1 cm³/mol. The Kier molecular flexibility index (Phi) is 3.55. The first-order chi connectivity index (χ1) is 10.9. The van der Waals surface area contributed by atoms with E-state index in [0.29, 0.717) is 23.5 Å². The molecule has 9 heteroatoms. The second kappa shape index (κ2) is 5.41. The van der Waals surface area contributed by atoms with E-state index in [1.54, 1.807) is 0 Å². The molecule has 3 heterocycles. The molecule has 2 aliphatic heterocycles. The van der Waals surface area contributed by atoms with E-state index in [4.69, 9.17) is 4.84 Å². The van der Waals surface area contributed by atoms with E-state index in [1.165, 1.54) is 22.0 Å². The van der Waals surface area contributed by atoms with Crippen molar-refractivity contribution < 1.29 is 18.7 Å². The molecular weight excluding hydrogens is 303 g/mol. The average molecular weight is 319 g/mol. The summed E-state index contributed by atoms with van der Waals surface area (Å²) in [4.78, 5) is 21.1. The van der Waals surface area contributed by atoms with Gasteiger partial charge in [-0.1, -0.05) is 14.8 Å². The minimum atomic E-state index is -0.516. The Morgan fingerprint density at radius 3 is 2.87 bits per heavy atom. The summed E-state index contributed by atoms with van der Waals surface area (Å²) >= 11 is 0. The summed E-state index contributed by atoms with van der Waals surface area (Å²) in [6, 6.07) is 0.754. The van der Waals surface area contributed by atoms with Crippen molar-refractivity contribution in [3.63, 3.8) is 0 Å². The minimum Gasteiger partial charge on any atom is -0.389 e. The van der Waals surface area contributed by atoms with Crippen LogP contribution in [0.1, 0.15) is 20.3 Å². The molecule has 0 spiro atoms. The summed E-state index contributed by atoms with van der Waals surface area (Å²) in [5, 5.41) is 9.32. The van der Waals surface area contributed by atoms with Crippen LogP contribution in [0.15, 0.2) is 28.7 Å². The maximum Gasteiger partial charge on any atom is 0.391 e. The number of nitrogens with one attached hydrogen (secondary N) is 1.